The summed E-state index contributed by atoms with van der Waals surface area (Å²) in [5.41, 5.74) is -0.508. The number of anilines is 1. The zero-order chi connectivity index (χ0) is 15.5. The molecule has 0 amide bonds. The van der Waals surface area contributed by atoms with Gasteiger partial charge in [-0.25, -0.2) is 17.6 Å². The first-order chi connectivity index (χ1) is 9.95. The fourth-order valence-corrected chi connectivity index (χ4v) is 3.66. The van der Waals surface area contributed by atoms with E-state index in [1.54, 1.807) is 6.08 Å². The van der Waals surface area contributed by atoms with Gasteiger partial charge in [0.15, 0.2) is 0 Å². The van der Waals surface area contributed by atoms with Gasteiger partial charge in [-0.05, 0) is 31.4 Å². The first kappa shape index (κ1) is 15.5. The Kier molecular flexibility index (Phi) is 4.62. The molecule has 0 heterocycles. The number of carbonyl (C=O) groups excluding carboxylic acids is 1. The number of nitrogens with one attached hydrogen (secondary N) is 1. The molecule has 1 unspecified atom stereocenters. The van der Waals surface area contributed by atoms with Crippen molar-refractivity contribution in [1.29, 1.82) is 0 Å². The maximum atomic E-state index is 13.8. The van der Waals surface area contributed by atoms with Crippen molar-refractivity contribution in [2.24, 2.45) is 0 Å². The van der Waals surface area contributed by atoms with E-state index >= 15 is 0 Å². The number of carbonyl (C=O) groups is 1. The van der Waals surface area contributed by atoms with Gasteiger partial charge in [0.25, 0.3) is 0 Å². The molecular formula is C14H16FNO4S. The van der Waals surface area contributed by atoms with Crippen LogP contribution in [-0.4, -0.2) is 26.7 Å². The average Bonchev–Trinajstić information content (AvgIpc) is 2.47. The van der Waals surface area contributed by atoms with Crippen LogP contribution in [0.1, 0.15) is 29.6 Å². The predicted molar refractivity (Wildman–Crippen MR) is 77.1 cm³/mol. The van der Waals surface area contributed by atoms with E-state index in [-0.39, 0.29) is 5.69 Å². The van der Waals surface area contributed by atoms with Gasteiger partial charge >= 0.3 is 5.97 Å². The lowest BCUT2D eigenvalue weighted by Gasteiger charge is -2.20. The first-order valence-corrected chi connectivity index (χ1v) is 8.04. The normalized spacial score (nSPS) is 18.3. The van der Waals surface area contributed by atoms with E-state index < -0.39 is 32.6 Å². The van der Waals surface area contributed by atoms with Crippen molar-refractivity contribution in [3.8, 4) is 0 Å². The van der Waals surface area contributed by atoms with Crippen LogP contribution in [0.15, 0.2) is 30.4 Å². The standard InChI is InChI=1S/C14H16FNO4S/c1-20-14(17)13-11(15)8-5-9-12(13)16-21(18,19)10-6-3-2-4-7-10/h2-3,5,8-10,16H,4,6-7H2,1H3. The molecule has 1 N–H and O–H groups in total. The molecule has 1 aliphatic rings. The number of sulfonamides is 1. The largest absolute Gasteiger partial charge is 0.465 e. The second kappa shape index (κ2) is 6.26. The number of methoxy groups -OCH3 is 1. The van der Waals surface area contributed by atoms with Gasteiger partial charge in [-0.3, -0.25) is 4.72 Å². The fourth-order valence-electron chi connectivity index (χ4n) is 2.20. The van der Waals surface area contributed by atoms with Crippen LogP contribution in [0.5, 0.6) is 0 Å². The van der Waals surface area contributed by atoms with Crippen LogP contribution < -0.4 is 4.72 Å². The lowest BCUT2D eigenvalue weighted by Crippen LogP contribution is -2.29. The topological polar surface area (TPSA) is 72.5 Å². The zero-order valence-electron chi connectivity index (χ0n) is 11.5. The van der Waals surface area contributed by atoms with E-state index in [0.29, 0.717) is 19.3 Å². The third kappa shape index (κ3) is 3.41. The Bertz CT molecular complexity index is 670. The highest BCUT2D eigenvalue weighted by Gasteiger charge is 2.28. The van der Waals surface area contributed by atoms with Gasteiger partial charge in [0.2, 0.25) is 10.0 Å². The van der Waals surface area contributed by atoms with Gasteiger partial charge in [-0.2, -0.15) is 0 Å². The summed E-state index contributed by atoms with van der Waals surface area (Å²) < 4.78 is 45.2. The zero-order valence-corrected chi connectivity index (χ0v) is 12.3. The van der Waals surface area contributed by atoms with Crippen LogP contribution in [0.25, 0.3) is 0 Å². The van der Waals surface area contributed by atoms with Gasteiger partial charge < -0.3 is 4.74 Å². The smallest absolute Gasteiger partial charge is 0.343 e. The van der Waals surface area contributed by atoms with E-state index in [9.17, 15) is 17.6 Å². The summed E-state index contributed by atoms with van der Waals surface area (Å²) in [6.07, 6.45) is 5.31. The van der Waals surface area contributed by atoms with Gasteiger partial charge in [-0.1, -0.05) is 18.2 Å². The van der Waals surface area contributed by atoms with Crippen LogP contribution in [-0.2, 0) is 14.8 Å². The minimum atomic E-state index is -3.69. The van der Waals surface area contributed by atoms with Crippen molar-refractivity contribution in [2.75, 3.05) is 11.8 Å². The quantitative estimate of drug-likeness (QED) is 0.684. The second-order valence-electron chi connectivity index (χ2n) is 4.71. The number of rotatable bonds is 4. The van der Waals surface area contributed by atoms with Crippen LogP contribution in [0.2, 0.25) is 0 Å². The van der Waals surface area contributed by atoms with Crippen LogP contribution in [0.4, 0.5) is 10.1 Å². The summed E-state index contributed by atoms with van der Waals surface area (Å²) in [4.78, 5) is 11.6. The molecule has 114 valence electrons. The molecule has 0 saturated heterocycles. The van der Waals surface area contributed by atoms with E-state index in [2.05, 4.69) is 9.46 Å². The molecule has 1 aromatic carbocycles. The monoisotopic (exact) mass is 313 g/mol. The summed E-state index contributed by atoms with van der Waals surface area (Å²) in [6.45, 7) is 0. The van der Waals surface area contributed by atoms with Gasteiger partial charge in [-0.15, -0.1) is 0 Å². The maximum absolute atomic E-state index is 13.8. The van der Waals surface area contributed by atoms with E-state index in [1.807, 2.05) is 6.08 Å². The molecule has 0 bridgehead atoms. The molecule has 2 rings (SSSR count). The van der Waals surface area contributed by atoms with E-state index in [4.69, 9.17) is 0 Å². The first-order valence-electron chi connectivity index (χ1n) is 6.49. The lowest BCUT2D eigenvalue weighted by molar-refractivity contribution is 0.0597. The lowest BCUT2D eigenvalue weighted by atomic mass is 10.1. The highest BCUT2D eigenvalue weighted by atomic mass is 32.2. The molecule has 1 atom stereocenters. The Morgan fingerprint density at radius 2 is 2.14 bits per heavy atom. The molecule has 0 fully saturated rings. The molecule has 0 aromatic heterocycles. The molecular weight excluding hydrogens is 297 g/mol. The van der Waals surface area contributed by atoms with Crippen LogP contribution in [0.3, 0.4) is 0 Å². The number of ether oxygens (including phenoxy) is 1. The molecule has 5 nitrogen and oxygen atoms in total. The minimum absolute atomic E-state index is 0.101. The molecule has 7 heteroatoms. The molecule has 1 aliphatic carbocycles. The van der Waals surface area contributed by atoms with Gasteiger partial charge in [0.1, 0.15) is 11.4 Å². The highest BCUT2D eigenvalue weighted by molar-refractivity contribution is 7.93. The van der Waals surface area contributed by atoms with Crippen LogP contribution >= 0.6 is 0 Å². The average molecular weight is 313 g/mol. The number of benzene rings is 1. The molecule has 0 aliphatic heterocycles. The Morgan fingerprint density at radius 3 is 2.76 bits per heavy atom. The summed E-state index contributed by atoms with van der Waals surface area (Å²) in [5.74, 6) is -1.75. The van der Waals surface area contributed by atoms with E-state index in [0.717, 1.165) is 13.2 Å². The van der Waals surface area contributed by atoms with Crippen molar-refractivity contribution in [3.63, 3.8) is 0 Å². The Hall–Kier alpha value is -1.89. The summed E-state index contributed by atoms with van der Waals surface area (Å²) in [7, 11) is -2.58. The van der Waals surface area contributed by atoms with Crippen molar-refractivity contribution >= 4 is 21.7 Å². The Morgan fingerprint density at radius 1 is 1.38 bits per heavy atom. The summed E-state index contributed by atoms with van der Waals surface area (Å²) in [5, 5.41) is -0.587. The van der Waals surface area contributed by atoms with Gasteiger partial charge in [0.05, 0.1) is 18.0 Å². The SMILES string of the molecule is COC(=O)c1c(F)cccc1NS(=O)(=O)C1CC=CCC1. The third-order valence-electron chi connectivity index (χ3n) is 3.32. The number of allylic oxidation sites excluding steroid dienone is 2. The van der Waals surface area contributed by atoms with Crippen LogP contribution in [0, 0.1) is 5.82 Å². The molecule has 0 spiro atoms. The number of halogens is 1. The summed E-state index contributed by atoms with van der Waals surface area (Å²) in [6, 6.07) is 3.75. The third-order valence-corrected chi connectivity index (χ3v) is 5.13. The maximum Gasteiger partial charge on any atom is 0.343 e. The number of hydrogen-bond acceptors (Lipinski definition) is 4. The van der Waals surface area contributed by atoms with E-state index in [1.165, 1.54) is 12.1 Å². The van der Waals surface area contributed by atoms with Crippen molar-refractivity contribution in [3.05, 3.63) is 41.7 Å². The number of esters is 1. The fraction of sp³-hybridized carbons (Fsp3) is 0.357. The highest BCUT2D eigenvalue weighted by Crippen LogP contribution is 2.25. The van der Waals surface area contributed by atoms with Gasteiger partial charge in [0, 0.05) is 0 Å². The molecule has 0 radical (unpaired) electrons. The van der Waals surface area contributed by atoms with Crippen molar-refractivity contribution in [1.82, 2.24) is 0 Å². The Balaban J connectivity index is 2.33. The minimum Gasteiger partial charge on any atom is -0.465 e. The molecule has 0 saturated carbocycles. The molecule has 21 heavy (non-hydrogen) atoms. The Labute approximate surface area is 122 Å². The second-order valence-corrected chi connectivity index (χ2v) is 6.67. The van der Waals surface area contributed by atoms with Crippen molar-refractivity contribution in [2.45, 2.75) is 24.5 Å². The molecule has 1 aromatic rings. The van der Waals surface area contributed by atoms with Crippen molar-refractivity contribution < 1.29 is 22.3 Å². The predicted octanol–water partition coefficient (Wildman–Crippen LogP) is 2.46. The number of hydrogen-bond donors (Lipinski definition) is 1. The summed E-state index contributed by atoms with van der Waals surface area (Å²) >= 11 is 0.